The van der Waals surface area contributed by atoms with Gasteiger partial charge in [0, 0.05) is 11.1 Å². The largest absolute Gasteiger partial charge is 0.327 e. The van der Waals surface area contributed by atoms with Crippen molar-refractivity contribution in [3.05, 3.63) is 34.3 Å². The van der Waals surface area contributed by atoms with E-state index in [0.717, 1.165) is 23.4 Å². The Kier molecular flexibility index (Phi) is 3.76. The van der Waals surface area contributed by atoms with Gasteiger partial charge in [0.15, 0.2) is 0 Å². The van der Waals surface area contributed by atoms with E-state index >= 15 is 0 Å². The number of rotatable bonds is 3. The predicted octanol–water partition coefficient (Wildman–Crippen LogP) is 2.93. The fraction of sp³-hybridized carbons (Fsp3) is 0.455. The summed E-state index contributed by atoms with van der Waals surface area (Å²) in [6.07, 6.45) is 1.86. The molecule has 0 saturated carbocycles. The number of benzene rings is 1. The van der Waals surface area contributed by atoms with Crippen molar-refractivity contribution in [2.75, 3.05) is 0 Å². The van der Waals surface area contributed by atoms with Crippen LogP contribution in [0.15, 0.2) is 18.2 Å². The SMILES string of the molecule is CCC(N)Cc1ccc(C)cc1Cl. The van der Waals surface area contributed by atoms with Gasteiger partial charge >= 0.3 is 0 Å². The monoisotopic (exact) mass is 197 g/mol. The number of nitrogens with two attached hydrogens (primary N) is 1. The van der Waals surface area contributed by atoms with Crippen LogP contribution < -0.4 is 5.73 Å². The Hall–Kier alpha value is -0.530. The van der Waals surface area contributed by atoms with Crippen LogP contribution in [0, 0.1) is 6.92 Å². The Morgan fingerprint density at radius 3 is 2.69 bits per heavy atom. The molecule has 0 radical (unpaired) electrons. The van der Waals surface area contributed by atoms with Gasteiger partial charge < -0.3 is 5.73 Å². The average Bonchev–Trinajstić information content (AvgIpc) is 2.09. The van der Waals surface area contributed by atoms with Crippen LogP contribution in [0.3, 0.4) is 0 Å². The minimum atomic E-state index is 0.222. The summed E-state index contributed by atoms with van der Waals surface area (Å²) in [5.74, 6) is 0. The molecule has 72 valence electrons. The molecule has 1 aromatic rings. The summed E-state index contributed by atoms with van der Waals surface area (Å²) >= 11 is 6.08. The highest BCUT2D eigenvalue weighted by Crippen LogP contribution is 2.19. The molecule has 0 aromatic heterocycles. The second kappa shape index (κ2) is 4.64. The second-order valence-corrected chi connectivity index (χ2v) is 3.87. The second-order valence-electron chi connectivity index (χ2n) is 3.47. The summed E-state index contributed by atoms with van der Waals surface area (Å²) in [5.41, 5.74) is 8.20. The fourth-order valence-corrected chi connectivity index (χ4v) is 1.56. The Morgan fingerprint density at radius 1 is 1.46 bits per heavy atom. The maximum atomic E-state index is 6.08. The van der Waals surface area contributed by atoms with Gasteiger partial charge in [-0.3, -0.25) is 0 Å². The van der Waals surface area contributed by atoms with Gasteiger partial charge in [0.05, 0.1) is 0 Å². The molecular formula is C11H16ClN. The van der Waals surface area contributed by atoms with Gasteiger partial charge in [-0.05, 0) is 37.0 Å². The van der Waals surface area contributed by atoms with E-state index in [2.05, 4.69) is 19.1 Å². The lowest BCUT2D eigenvalue weighted by atomic mass is 10.0. The van der Waals surface area contributed by atoms with Crippen LogP contribution >= 0.6 is 11.6 Å². The average molecular weight is 198 g/mol. The van der Waals surface area contributed by atoms with Crippen LogP contribution in [-0.2, 0) is 6.42 Å². The van der Waals surface area contributed by atoms with Crippen molar-refractivity contribution in [1.29, 1.82) is 0 Å². The molecule has 1 rings (SSSR count). The first-order chi connectivity index (χ1) is 6.13. The molecule has 1 aromatic carbocycles. The summed E-state index contributed by atoms with van der Waals surface area (Å²) in [4.78, 5) is 0. The zero-order chi connectivity index (χ0) is 9.84. The first-order valence-electron chi connectivity index (χ1n) is 4.64. The molecule has 0 fully saturated rings. The predicted molar refractivity (Wildman–Crippen MR) is 58.2 cm³/mol. The molecule has 0 aliphatic carbocycles. The number of hydrogen-bond acceptors (Lipinski definition) is 1. The first kappa shape index (κ1) is 10.6. The van der Waals surface area contributed by atoms with Crippen molar-refractivity contribution in [2.45, 2.75) is 32.7 Å². The van der Waals surface area contributed by atoms with Crippen LogP contribution in [-0.4, -0.2) is 6.04 Å². The van der Waals surface area contributed by atoms with E-state index in [0.29, 0.717) is 0 Å². The summed E-state index contributed by atoms with van der Waals surface area (Å²) in [6, 6.07) is 6.34. The Morgan fingerprint density at radius 2 is 2.15 bits per heavy atom. The Labute approximate surface area is 84.9 Å². The molecule has 2 heteroatoms. The van der Waals surface area contributed by atoms with E-state index < -0.39 is 0 Å². The Balaban J connectivity index is 2.77. The van der Waals surface area contributed by atoms with Gasteiger partial charge in [-0.1, -0.05) is 30.7 Å². The molecule has 0 bridgehead atoms. The van der Waals surface area contributed by atoms with Gasteiger partial charge in [-0.15, -0.1) is 0 Å². The lowest BCUT2D eigenvalue weighted by Crippen LogP contribution is -2.21. The van der Waals surface area contributed by atoms with Crippen molar-refractivity contribution >= 4 is 11.6 Å². The quantitative estimate of drug-likeness (QED) is 0.793. The van der Waals surface area contributed by atoms with Crippen molar-refractivity contribution < 1.29 is 0 Å². The maximum Gasteiger partial charge on any atom is 0.0441 e. The standard InChI is InChI=1S/C11H16ClN/c1-3-10(13)7-9-5-4-8(2)6-11(9)12/h4-6,10H,3,7,13H2,1-2H3. The van der Waals surface area contributed by atoms with Gasteiger partial charge in [0.2, 0.25) is 0 Å². The summed E-state index contributed by atoms with van der Waals surface area (Å²) in [5, 5.41) is 0.837. The van der Waals surface area contributed by atoms with Crippen LogP contribution in [0.4, 0.5) is 0 Å². The number of hydrogen-bond donors (Lipinski definition) is 1. The van der Waals surface area contributed by atoms with Gasteiger partial charge in [0.1, 0.15) is 0 Å². The topological polar surface area (TPSA) is 26.0 Å². The third-order valence-electron chi connectivity index (χ3n) is 2.22. The number of aryl methyl sites for hydroxylation is 1. The molecule has 0 amide bonds. The summed E-state index contributed by atoms with van der Waals surface area (Å²) < 4.78 is 0. The molecule has 0 spiro atoms. The van der Waals surface area contributed by atoms with E-state index in [4.69, 9.17) is 17.3 Å². The summed E-state index contributed by atoms with van der Waals surface area (Å²) in [7, 11) is 0. The van der Waals surface area contributed by atoms with Crippen LogP contribution in [0.2, 0.25) is 5.02 Å². The Bertz CT molecular complexity index is 283. The smallest absolute Gasteiger partial charge is 0.0441 e. The van der Waals surface area contributed by atoms with E-state index in [1.165, 1.54) is 5.56 Å². The van der Waals surface area contributed by atoms with E-state index in [1.807, 2.05) is 13.0 Å². The molecular weight excluding hydrogens is 182 g/mol. The minimum absolute atomic E-state index is 0.222. The van der Waals surface area contributed by atoms with Crippen molar-refractivity contribution in [2.24, 2.45) is 5.73 Å². The molecule has 0 aliphatic heterocycles. The van der Waals surface area contributed by atoms with Gasteiger partial charge in [-0.2, -0.15) is 0 Å². The lowest BCUT2D eigenvalue weighted by molar-refractivity contribution is 0.646. The van der Waals surface area contributed by atoms with Gasteiger partial charge in [-0.25, -0.2) is 0 Å². The molecule has 0 saturated heterocycles. The van der Waals surface area contributed by atoms with Crippen molar-refractivity contribution in [3.8, 4) is 0 Å². The highest BCUT2D eigenvalue weighted by atomic mass is 35.5. The highest BCUT2D eigenvalue weighted by molar-refractivity contribution is 6.31. The molecule has 13 heavy (non-hydrogen) atoms. The van der Waals surface area contributed by atoms with E-state index in [-0.39, 0.29) is 6.04 Å². The fourth-order valence-electron chi connectivity index (χ4n) is 1.24. The van der Waals surface area contributed by atoms with E-state index in [9.17, 15) is 0 Å². The summed E-state index contributed by atoms with van der Waals surface area (Å²) in [6.45, 7) is 4.13. The third kappa shape index (κ3) is 3.02. The van der Waals surface area contributed by atoms with Crippen LogP contribution in [0.1, 0.15) is 24.5 Å². The van der Waals surface area contributed by atoms with Crippen molar-refractivity contribution in [3.63, 3.8) is 0 Å². The highest BCUT2D eigenvalue weighted by Gasteiger charge is 2.04. The van der Waals surface area contributed by atoms with E-state index in [1.54, 1.807) is 0 Å². The zero-order valence-electron chi connectivity index (χ0n) is 8.18. The molecule has 0 heterocycles. The minimum Gasteiger partial charge on any atom is -0.327 e. The molecule has 0 aliphatic rings. The van der Waals surface area contributed by atoms with Crippen molar-refractivity contribution in [1.82, 2.24) is 0 Å². The first-order valence-corrected chi connectivity index (χ1v) is 5.02. The van der Waals surface area contributed by atoms with Gasteiger partial charge in [0.25, 0.3) is 0 Å². The normalized spacial score (nSPS) is 12.9. The molecule has 1 unspecified atom stereocenters. The van der Waals surface area contributed by atoms with Crippen LogP contribution in [0.25, 0.3) is 0 Å². The molecule has 1 nitrogen and oxygen atoms in total. The maximum absolute atomic E-state index is 6.08. The third-order valence-corrected chi connectivity index (χ3v) is 2.57. The lowest BCUT2D eigenvalue weighted by Gasteiger charge is -2.10. The molecule has 2 N–H and O–H groups in total. The number of halogens is 1. The molecule has 1 atom stereocenters. The van der Waals surface area contributed by atoms with Crippen LogP contribution in [0.5, 0.6) is 0 Å². The zero-order valence-corrected chi connectivity index (χ0v) is 8.93.